The zero-order valence-electron chi connectivity index (χ0n) is 16.9. The lowest BCUT2D eigenvalue weighted by Crippen LogP contribution is -3.14. The molecule has 1 aromatic rings. The number of amides is 1. The number of nitro benzene ring substituents is 1. The minimum Gasteiger partial charge on any atom is -0.454 e. The molecule has 1 atom stereocenters. The molecule has 8 nitrogen and oxygen atoms in total. The number of benzene rings is 1. The van der Waals surface area contributed by atoms with E-state index in [0.29, 0.717) is 23.0 Å². The lowest BCUT2D eigenvalue weighted by Gasteiger charge is -2.34. The van der Waals surface area contributed by atoms with Gasteiger partial charge in [0.2, 0.25) is 6.79 Å². The van der Waals surface area contributed by atoms with E-state index in [2.05, 4.69) is 12.2 Å². The summed E-state index contributed by atoms with van der Waals surface area (Å²) in [7, 11) is 0. The van der Waals surface area contributed by atoms with Crippen LogP contribution in [0.1, 0.15) is 63.5 Å². The fourth-order valence-electron chi connectivity index (χ4n) is 4.84. The third kappa shape index (κ3) is 4.32. The third-order valence-corrected chi connectivity index (χ3v) is 6.57. The van der Waals surface area contributed by atoms with Gasteiger partial charge in [0.05, 0.1) is 24.1 Å². The normalized spacial score (nSPS) is 25.4. The number of hydrogen-bond acceptors (Lipinski definition) is 5. The van der Waals surface area contributed by atoms with E-state index in [0.717, 1.165) is 56.5 Å². The molecule has 158 valence electrons. The molecule has 8 heteroatoms. The van der Waals surface area contributed by atoms with Crippen LogP contribution in [0.5, 0.6) is 11.5 Å². The zero-order chi connectivity index (χ0) is 20.4. The lowest BCUT2D eigenvalue weighted by atomic mass is 9.92. The maximum absolute atomic E-state index is 13.4. The molecular weight excluding hydrogens is 374 g/mol. The topological polar surface area (TPSA) is 95.1 Å². The van der Waals surface area contributed by atoms with Crippen LogP contribution in [-0.2, 0) is 4.79 Å². The van der Waals surface area contributed by atoms with Crippen molar-refractivity contribution in [3.05, 3.63) is 27.8 Å². The van der Waals surface area contributed by atoms with Crippen LogP contribution in [0.4, 0.5) is 5.69 Å². The number of quaternary nitrogens is 1. The van der Waals surface area contributed by atoms with Gasteiger partial charge in [0, 0.05) is 12.1 Å². The molecule has 4 rings (SSSR count). The first-order valence-electron chi connectivity index (χ1n) is 10.8. The Bertz CT molecular complexity index is 770. The van der Waals surface area contributed by atoms with E-state index in [1.54, 1.807) is 6.07 Å². The number of nitrogens with one attached hydrogen (secondary N) is 2. The number of hydrogen-bond donors (Lipinski definition) is 2. The van der Waals surface area contributed by atoms with Crippen LogP contribution < -0.4 is 19.7 Å². The Kier molecular flexibility index (Phi) is 5.89. The summed E-state index contributed by atoms with van der Waals surface area (Å²) in [5.74, 6) is 1.36. The average Bonchev–Trinajstić information content (AvgIpc) is 3.17. The number of nitrogens with zero attached hydrogens (tertiary/aromatic N) is 1. The summed E-state index contributed by atoms with van der Waals surface area (Å²) < 4.78 is 10.8. The summed E-state index contributed by atoms with van der Waals surface area (Å²) in [5.41, 5.74) is 0.362. The van der Waals surface area contributed by atoms with Crippen LogP contribution in [0.25, 0.3) is 0 Å². The van der Waals surface area contributed by atoms with Gasteiger partial charge in [0.1, 0.15) is 5.56 Å². The summed E-state index contributed by atoms with van der Waals surface area (Å²) in [6, 6.07) is 2.61. The van der Waals surface area contributed by atoms with Crippen LogP contribution in [0.3, 0.4) is 0 Å². The van der Waals surface area contributed by atoms with Crippen LogP contribution in [0, 0.1) is 16.0 Å². The number of fused-ring (bicyclic) bond motifs is 1. The largest absolute Gasteiger partial charge is 0.454 e. The highest BCUT2D eigenvalue weighted by Crippen LogP contribution is 2.40. The first-order chi connectivity index (χ1) is 14.0. The zero-order valence-corrected chi connectivity index (χ0v) is 16.9. The van der Waals surface area contributed by atoms with Gasteiger partial charge in [-0.05, 0) is 31.6 Å². The second-order valence-electron chi connectivity index (χ2n) is 8.64. The standard InChI is InChI=1S/C21H29N3O5/c1-14-7-9-23(10-8-14)20(21(25)22-15-5-3-2-4-6-15)16-11-18-19(29-13-28-18)12-17(16)24(26)27/h11-12,14-15,20H,2-10,13H2,1H3,(H,22,25)/p+1. The second-order valence-corrected chi connectivity index (χ2v) is 8.64. The van der Waals surface area contributed by atoms with Crippen LogP contribution in [-0.4, -0.2) is 36.8 Å². The molecule has 0 aromatic heterocycles. The predicted octanol–water partition coefficient (Wildman–Crippen LogP) is 2.13. The maximum Gasteiger partial charge on any atom is 0.283 e. The van der Waals surface area contributed by atoms with Crippen molar-refractivity contribution in [2.45, 2.75) is 64.0 Å². The van der Waals surface area contributed by atoms with E-state index in [4.69, 9.17) is 9.47 Å². The van der Waals surface area contributed by atoms with Crippen LogP contribution in [0.2, 0.25) is 0 Å². The van der Waals surface area contributed by atoms with Gasteiger partial charge in [0.15, 0.2) is 17.5 Å². The van der Waals surface area contributed by atoms with E-state index in [1.165, 1.54) is 12.5 Å². The Labute approximate surface area is 170 Å². The van der Waals surface area contributed by atoms with Crippen molar-refractivity contribution in [3.63, 3.8) is 0 Å². The molecule has 1 aromatic carbocycles. The molecule has 2 fully saturated rings. The second kappa shape index (κ2) is 8.57. The van der Waals surface area contributed by atoms with E-state index in [-0.39, 0.29) is 24.4 Å². The quantitative estimate of drug-likeness (QED) is 0.579. The highest BCUT2D eigenvalue weighted by atomic mass is 16.7. The van der Waals surface area contributed by atoms with Gasteiger partial charge >= 0.3 is 0 Å². The average molecular weight is 404 g/mol. The van der Waals surface area contributed by atoms with Gasteiger partial charge in [-0.2, -0.15) is 0 Å². The van der Waals surface area contributed by atoms with Crippen molar-refractivity contribution in [2.24, 2.45) is 5.92 Å². The molecule has 2 N–H and O–H groups in total. The van der Waals surface area contributed by atoms with Crippen molar-refractivity contribution < 1.29 is 24.1 Å². The minimum atomic E-state index is -0.612. The number of nitro groups is 1. The Morgan fingerprint density at radius 3 is 2.45 bits per heavy atom. The lowest BCUT2D eigenvalue weighted by molar-refractivity contribution is -0.928. The first-order valence-corrected chi connectivity index (χ1v) is 10.8. The summed E-state index contributed by atoms with van der Waals surface area (Å²) in [6.07, 6.45) is 7.43. The van der Waals surface area contributed by atoms with Crippen LogP contribution in [0.15, 0.2) is 12.1 Å². The molecule has 2 aliphatic heterocycles. The maximum atomic E-state index is 13.4. The monoisotopic (exact) mass is 404 g/mol. The van der Waals surface area contributed by atoms with Crippen molar-refractivity contribution >= 4 is 11.6 Å². The number of rotatable bonds is 5. The van der Waals surface area contributed by atoms with E-state index < -0.39 is 11.0 Å². The number of likely N-dealkylation sites (tertiary alicyclic amines) is 1. The third-order valence-electron chi connectivity index (χ3n) is 6.57. The number of ether oxygens (including phenoxy) is 2. The smallest absolute Gasteiger partial charge is 0.283 e. The molecule has 3 aliphatic rings. The van der Waals surface area contributed by atoms with Crippen LogP contribution >= 0.6 is 0 Å². The van der Waals surface area contributed by atoms with E-state index in [1.807, 2.05) is 0 Å². The summed E-state index contributed by atoms with van der Waals surface area (Å²) in [5, 5.41) is 15.0. The Morgan fingerprint density at radius 2 is 1.79 bits per heavy atom. The number of carbonyl (C=O) groups excluding carboxylic acids is 1. The molecule has 29 heavy (non-hydrogen) atoms. The van der Waals surface area contributed by atoms with E-state index in [9.17, 15) is 14.9 Å². The van der Waals surface area contributed by atoms with Crippen molar-refractivity contribution in [3.8, 4) is 11.5 Å². The number of carbonyl (C=O) groups is 1. The summed E-state index contributed by atoms with van der Waals surface area (Å²) >= 11 is 0. The highest BCUT2D eigenvalue weighted by molar-refractivity contribution is 5.84. The van der Waals surface area contributed by atoms with Gasteiger partial charge in [-0.25, -0.2) is 0 Å². The Hall–Kier alpha value is -2.35. The first kappa shape index (κ1) is 19.9. The molecule has 2 heterocycles. The highest BCUT2D eigenvalue weighted by Gasteiger charge is 2.40. The molecule has 1 unspecified atom stereocenters. The minimum absolute atomic E-state index is 0.0446. The van der Waals surface area contributed by atoms with E-state index >= 15 is 0 Å². The van der Waals surface area contributed by atoms with Gasteiger partial charge in [-0.1, -0.05) is 26.2 Å². The molecule has 1 aliphatic carbocycles. The molecule has 0 bridgehead atoms. The SMILES string of the molecule is CC1CC[NH+](C(C(=O)NC2CCCCC2)c2cc3c(cc2[N+](=O)[O-])OCO3)CC1. The fourth-order valence-corrected chi connectivity index (χ4v) is 4.84. The Balaban J connectivity index is 1.68. The molecule has 1 saturated heterocycles. The van der Waals surface area contributed by atoms with Crippen molar-refractivity contribution in [1.29, 1.82) is 0 Å². The van der Waals surface area contributed by atoms with Crippen molar-refractivity contribution in [1.82, 2.24) is 5.32 Å². The number of piperidine rings is 1. The Morgan fingerprint density at radius 1 is 1.14 bits per heavy atom. The van der Waals surface area contributed by atoms with Gasteiger partial charge in [-0.15, -0.1) is 0 Å². The van der Waals surface area contributed by atoms with Gasteiger partial charge in [0.25, 0.3) is 11.6 Å². The fraction of sp³-hybridized carbons (Fsp3) is 0.667. The molecule has 0 radical (unpaired) electrons. The summed E-state index contributed by atoms with van der Waals surface area (Å²) in [4.78, 5) is 26.0. The van der Waals surface area contributed by atoms with Gasteiger partial charge in [-0.3, -0.25) is 14.9 Å². The molecule has 1 amide bonds. The molecule has 1 saturated carbocycles. The summed E-state index contributed by atoms with van der Waals surface area (Å²) in [6.45, 7) is 3.92. The predicted molar refractivity (Wildman–Crippen MR) is 106 cm³/mol. The van der Waals surface area contributed by atoms with Crippen molar-refractivity contribution in [2.75, 3.05) is 19.9 Å². The molecular formula is C21H30N3O5+. The van der Waals surface area contributed by atoms with Gasteiger partial charge < -0.3 is 19.7 Å². The molecule has 0 spiro atoms.